The van der Waals surface area contributed by atoms with E-state index in [0.717, 1.165) is 19.4 Å². The summed E-state index contributed by atoms with van der Waals surface area (Å²) in [6, 6.07) is 7.90. The third kappa shape index (κ3) is 4.52. The Hall–Kier alpha value is -2.52. The van der Waals surface area contributed by atoms with Crippen LogP contribution in [0.3, 0.4) is 0 Å². The van der Waals surface area contributed by atoms with Gasteiger partial charge in [-0.3, -0.25) is 4.79 Å². The molecule has 1 atom stereocenters. The first-order valence-corrected chi connectivity index (χ1v) is 9.32. The summed E-state index contributed by atoms with van der Waals surface area (Å²) in [6.45, 7) is 1.15. The van der Waals surface area contributed by atoms with E-state index >= 15 is 0 Å². The van der Waals surface area contributed by atoms with Gasteiger partial charge in [-0.1, -0.05) is 18.2 Å². The molecule has 132 valence electrons. The molecule has 0 bridgehead atoms. The van der Waals surface area contributed by atoms with E-state index in [2.05, 4.69) is 20.0 Å². The first-order chi connectivity index (χ1) is 12.0. The van der Waals surface area contributed by atoms with Crippen molar-refractivity contribution >= 4 is 21.9 Å². The molecule has 0 aliphatic carbocycles. The van der Waals surface area contributed by atoms with Crippen LogP contribution in [0, 0.1) is 0 Å². The van der Waals surface area contributed by atoms with Crippen molar-refractivity contribution in [2.45, 2.75) is 23.8 Å². The molecule has 0 spiro atoms. The zero-order valence-corrected chi connectivity index (χ0v) is 14.2. The lowest BCUT2D eigenvalue weighted by Crippen LogP contribution is -2.31. The number of hydrogen-bond acceptors (Lipinski definition) is 6. The van der Waals surface area contributed by atoms with Gasteiger partial charge < -0.3 is 10.1 Å². The van der Waals surface area contributed by atoms with Crippen molar-refractivity contribution in [2.24, 2.45) is 0 Å². The average molecular weight is 362 g/mol. The number of rotatable bonds is 6. The predicted molar refractivity (Wildman–Crippen MR) is 90.6 cm³/mol. The number of aromatic nitrogens is 2. The third-order valence-electron chi connectivity index (χ3n) is 3.71. The van der Waals surface area contributed by atoms with E-state index in [1.807, 2.05) is 0 Å². The Balaban J connectivity index is 1.61. The number of nitrogens with one attached hydrogen (secondary N) is 2. The second-order valence-corrected chi connectivity index (χ2v) is 7.24. The molecule has 1 aliphatic rings. The minimum atomic E-state index is -3.76. The van der Waals surface area contributed by atoms with Crippen LogP contribution in [0.1, 0.15) is 23.2 Å². The average Bonchev–Trinajstić information content (AvgIpc) is 3.14. The summed E-state index contributed by atoms with van der Waals surface area (Å²) in [5.74, 6) is -0.424. The van der Waals surface area contributed by atoms with Crippen LogP contribution in [0.15, 0.2) is 47.6 Å². The smallest absolute Gasteiger partial charge is 0.264 e. The molecule has 1 aromatic carbocycles. The fourth-order valence-electron chi connectivity index (χ4n) is 2.39. The summed E-state index contributed by atoms with van der Waals surface area (Å²) < 4.78 is 32.1. The van der Waals surface area contributed by atoms with Crippen molar-refractivity contribution in [2.75, 3.05) is 17.9 Å². The van der Waals surface area contributed by atoms with Crippen molar-refractivity contribution in [3.63, 3.8) is 0 Å². The van der Waals surface area contributed by atoms with Gasteiger partial charge >= 0.3 is 0 Å². The fraction of sp³-hybridized carbons (Fsp3) is 0.312. The lowest BCUT2D eigenvalue weighted by atomic mass is 10.2. The quantitative estimate of drug-likeness (QED) is 0.799. The highest BCUT2D eigenvalue weighted by Gasteiger charge is 2.18. The maximum absolute atomic E-state index is 12.2. The van der Waals surface area contributed by atoms with Crippen LogP contribution < -0.4 is 10.0 Å². The van der Waals surface area contributed by atoms with Gasteiger partial charge in [-0.05, 0) is 25.0 Å². The summed E-state index contributed by atoms with van der Waals surface area (Å²) >= 11 is 0. The number of carbonyl (C=O) groups is 1. The lowest BCUT2D eigenvalue weighted by molar-refractivity contribution is 0.0857. The first kappa shape index (κ1) is 17.3. The minimum absolute atomic E-state index is 0.0434. The Morgan fingerprint density at radius 3 is 2.56 bits per heavy atom. The number of carbonyl (C=O) groups excluding carboxylic acids is 1. The minimum Gasteiger partial charge on any atom is -0.376 e. The lowest BCUT2D eigenvalue weighted by Gasteiger charge is -2.11. The van der Waals surface area contributed by atoms with Crippen molar-refractivity contribution in [3.8, 4) is 0 Å². The van der Waals surface area contributed by atoms with Gasteiger partial charge in [0.15, 0.2) is 0 Å². The van der Waals surface area contributed by atoms with Crippen LogP contribution in [0.25, 0.3) is 0 Å². The summed E-state index contributed by atoms with van der Waals surface area (Å²) in [4.78, 5) is 19.9. The van der Waals surface area contributed by atoms with Crippen LogP contribution in [0.2, 0.25) is 0 Å². The molecule has 2 aromatic rings. The maximum Gasteiger partial charge on any atom is 0.264 e. The van der Waals surface area contributed by atoms with Gasteiger partial charge in [-0.25, -0.2) is 23.1 Å². The van der Waals surface area contributed by atoms with Crippen LogP contribution in [0.4, 0.5) is 5.95 Å². The molecule has 1 amide bonds. The normalized spacial score (nSPS) is 17.2. The van der Waals surface area contributed by atoms with Crippen molar-refractivity contribution in [3.05, 3.63) is 48.3 Å². The van der Waals surface area contributed by atoms with Crippen molar-refractivity contribution < 1.29 is 17.9 Å². The Labute approximate surface area is 145 Å². The first-order valence-electron chi connectivity index (χ1n) is 7.84. The van der Waals surface area contributed by atoms with Crippen LogP contribution in [-0.4, -0.2) is 43.5 Å². The van der Waals surface area contributed by atoms with Gasteiger partial charge in [-0.2, -0.15) is 0 Å². The molecule has 9 heteroatoms. The molecule has 1 aromatic heterocycles. The second kappa shape index (κ2) is 7.58. The van der Waals surface area contributed by atoms with E-state index in [-0.39, 0.29) is 28.4 Å². The molecular formula is C16H18N4O4S. The van der Waals surface area contributed by atoms with E-state index in [1.54, 1.807) is 18.2 Å². The standard InChI is InChI=1S/C16H18N4O4S/c21-15(17-11-13-5-4-8-24-13)12-9-18-16(19-10-12)20-25(22,23)14-6-2-1-3-7-14/h1-3,6-7,9-10,13H,4-5,8,11H2,(H,17,21)(H,18,19,20)/t13-/m0/s1. The molecule has 3 rings (SSSR count). The SMILES string of the molecule is O=C(NC[C@@H]1CCCO1)c1cnc(NS(=O)(=O)c2ccccc2)nc1. The van der Waals surface area contributed by atoms with Gasteiger partial charge in [-0.15, -0.1) is 0 Å². The second-order valence-electron chi connectivity index (χ2n) is 5.56. The topological polar surface area (TPSA) is 110 Å². The van der Waals surface area contributed by atoms with Gasteiger partial charge in [0.25, 0.3) is 15.9 Å². The molecule has 2 heterocycles. The summed E-state index contributed by atoms with van der Waals surface area (Å²) in [5.41, 5.74) is 0.251. The Morgan fingerprint density at radius 2 is 1.92 bits per heavy atom. The molecule has 25 heavy (non-hydrogen) atoms. The number of anilines is 1. The summed E-state index contributed by atoms with van der Waals surface area (Å²) in [6.07, 6.45) is 4.53. The van der Waals surface area contributed by atoms with Crippen molar-refractivity contribution in [1.29, 1.82) is 0 Å². The highest BCUT2D eigenvalue weighted by molar-refractivity contribution is 7.92. The molecular weight excluding hydrogens is 344 g/mol. The van der Waals surface area contributed by atoms with E-state index in [4.69, 9.17) is 4.74 Å². The monoisotopic (exact) mass is 362 g/mol. The zero-order valence-electron chi connectivity index (χ0n) is 13.4. The molecule has 0 saturated carbocycles. The zero-order chi connectivity index (χ0) is 17.7. The van der Waals surface area contributed by atoms with Gasteiger partial charge in [0.1, 0.15) is 0 Å². The van der Waals surface area contributed by atoms with Crippen LogP contribution in [0.5, 0.6) is 0 Å². The maximum atomic E-state index is 12.2. The van der Waals surface area contributed by atoms with E-state index < -0.39 is 10.0 Å². The predicted octanol–water partition coefficient (Wildman–Crippen LogP) is 1.19. The molecule has 1 saturated heterocycles. The number of amides is 1. The third-order valence-corrected chi connectivity index (χ3v) is 5.05. The highest BCUT2D eigenvalue weighted by Crippen LogP contribution is 2.13. The Bertz CT molecular complexity index is 819. The molecule has 8 nitrogen and oxygen atoms in total. The number of benzene rings is 1. The van der Waals surface area contributed by atoms with Gasteiger partial charge in [0, 0.05) is 25.5 Å². The van der Waals surface area contributed by atoms with Gasteiger partial charge in [0.2, 0.25) is 5.95 Å². The van der Waals surface area contributed by atoms with E-state index in [1.165, 1.54) is 24.5 Å². The van der Waals surface area contributed by atoms with Crippen LogP contribution in [-0.2, 0) is 14.8 Å². The number of nitrogens with zero attached hydrogens (tertiary/aromatic N) is 2. The number of hydrogen-bond donors (Lipinski definition) is 2. The molecule has 0 unspecified atom stereocenters. The van der Waals surface area contributed by atoms with Crippen LogP contribution >= 0.6 is 0 Å². The highest BCUT2D eigenvalue weighted by atomic mass is 32.2. The van der Waals surface area contributed by atoms with E-state index in [9.17, 15) is 13.2 Å². The van der Waals surface area contributed by atoms with E-state index in [0.29, 0.717) is 6.54 Å². The summed E-state index contributed by atoms with van der Waals surface area (Å²) in [7, 11) is -3.76. The molecule has 1 aliphatic heterocycles. The van der Waals surface area contributed by atoms with Gasteiger partial charge in [0.05, 0.1) is 16.6 Å². The molecule has 1 fully saturated rings. The molecule has 0 radical (unpaired) electrons. The Kier molecular flexibility index (Phi) is 5.25. The number of ether oxygens (including phenoxy) is 1. The fourth-order valence-corrected chi connectivity index (χ4v) is 3.37. The van der Waals surface area contributed by atoms with Crippen molar-refractivity contribution in [1.82, 2.24) is 15.3 Å². The largest absolute Gasteiger partial charge is 0.376 e. The number of sulfonamides is 1. The molecule has 2 N–H and O–H groups in total. The Morgan fingerprint density at radius 1 is 1.20 bits per heavy atom. The summed E-state index contributed by atoms with van der Waals surface area (Å²) in [5, 5.41) is 2.75.